The van der Waals surface area contributed by atoms with Gasteiger partial charge in [-0.25, -0.2) is 5.01 Å². The number of nitrogens with zero attached hydrogens (tertiary/aromatic N) is 1. The second-order valence-electron chi connectivity index (χ2n) is 4.46. The minimum absolute atomic E-state index is 0.703. The zero-order chi connectivity index (χ0) is 11.5. The van der Waals surface area contributed by atoms with Crippen LogP contribution in [0.4, 0.5) is 0 Å². The fourth-order valence-corrected chi connectivity index (χ4v) is 2.79. The van der Waals surface area contributed by atoms with Crippen LogP contribution in [0.5, 0.6) is 0 Å². The van der Waals surface area contributed by atoms with E-state index in [4.69, 9.17) is 29.0 Å². The van der Waals surface area contributed by atoms with E-state index in [0.717, 1.165) is 42.4 Å². The van der Waals surface area contributed by atoms with Gasteiger partial charge >= 0.3 is 0 Å². The van der Waals surface area contributed by atoms with Gasteiger partial charge in [-0.05, 0) is 48.9 Å². The first kappa shape index (κ1) is 12.2. The van der Waals surface area contributed by atoms with Crippen molar-refractivity contribution in [2.24, 2.45) is 11.8 Å². The zero-order valence-electron chi connectivity index (χ0n) is 9.13. The van der Waals surface area contributed by atoms with Crippen LogP contribution in [0.1, 0.15) is 18.4 Å². The van der Waals surface area contributed by atoms with Crippen molar-refractivity contribution in [2.45, 2.75) is 19.3 Å². The molecule has 0 aromatic heterocycles. The molecule has 0 spiro atoms. The molecule has 0 atom stereocenters. The second-order valence-corrected chi connectivity index (χ2v) is 5.33. The molecule has 16 heavy (non-hydrogen) atoms. The Morgan fingerprint density at radius 1 is 1.12 bits per heavy atom. The second kappa shape index (κ2) is 5.37. The van der Waals surface area contributed by atoms with E-state index in [0.29, 0.717) is 5.92 Å². The van der Waals surface area contributed by atoms with Crippen LogP contribution in [-0.4, -0.2) is 18.1 Å². The molecule has 0 saturated carbocycles. The number of piperidine rings is 1. The van der Waals surface area contributed by atoms with E-state index >= 15 is 0 Å². The molecule has 1 aromatic rings. The van der Waals surface area contributed by atoms with Crippen molar-refractivity contribution in [3.63, 3.8) is 0 Å². The van der Waals surface area contributed by atoms with Crippen LogP contribution < -0.4 is 5.84 Å². The van der Waals surface area contributed by atoms with Crippen molar-refractivity contribution < 1.29 is 0 Å². The van der Waals surface area contributed by atoms with Gasteiger partial charge in [-0.2, -0.15) is 0 Å². The maximum atomic E-state index is 5.98. The van der Waals surface area contributed by atoms with Gasteiger partial charge in [0.1, 0.15) is 0 Å². The SMILES string of the molecule is NN1CCC(Cc2cc(Cl)cc(Cl)c2)CC1. The molecule has 88 valence electrons. The lowest BCUT2D eigenvalue weighted by molar-refractivity contribution is 0.187. The lowest BCUT2D eigenvalue weighted by atomic mass is 9.91. The molecule has 1 aliphatic rings. The molecular weight excluding hydrogens is 243 g/mol. The summed E-state index contributed by atoms with van der Waals surface area (Å²) in [4.78, 5) is 0. The van der Waals surface area contributed by atoms with Gasteiger partial charge in [0.25, 0.3) is 0 Å². The monoisotopic (exact) mass is 258 g/mol. The van der Waals surface area contributed by atoms with E-state index in [1.807, 2.05) is 17.1 Å². The Labute approximate surface area is 106 Å². The molecule has 0 unspecified atom stereocenters. The van der Waals surface area contributed by atoms with Gasteiger partial charge in [0.15, 0.2) is 0 Å². The van der Waals surface area contributed by atoms with Crippen molar-refractivity contribution in [3.05, 3.63) is 33.8 Å². The van der Waals surface area contributed by atoms with Crippen molar-refractivity contribution in [1.82, 2.24) is 5.01 Å². The predicted octanol–water partition coefficient (Wildman–Crippen LogP) is 3.12. The van der Waals surface area contributed by atoms with Crippen LogP contribution in [0.2, 0.25) is 10.0 Å². The third-order valence-corrected chi connectivity index (χ3v) is 3.53. The fraction of sp³-hybridized carbons (Fsp3) is 0.500. The maximum Gasteiger partial charge on any atom is 0.0423 e. The highest BCUT2D eigenvalue weighted by molar-refractivity contribution is 6.34. The summed E-state index contributed by atoms with van der Waals surface area (Å²) in [6, 6.07) is 5.78. The zero-order valence-corrected chi connectivity index (χ0v) is 10.6. The summed E-state index contributed by atoms with van der Waals surface area (Å²) in [5, 5.41) is 3.33. The van der Waals surface area contributed by atoms with Gasteiger partial charge in [-0.15, -0.1) is 0 Å². The molecule has 2 nitrogen and oxygen atoms in total. The minimum Gasteiger partial charge on any atom is -0.269 e. The molecule has 0 amide bonds. The van der Waals surface area contributed by atoms with Crippen LogP contribution in [-0.2, 0) is 6.42 Å². The van der Waals surface area contributed by atoms with E-state index in [1.54, 1.807) is 6.07 Å². The Kier molecular flexibility index (Phi) is 4.09. The number of rotatable bonds is 2. The normalized spacial score (nSPS) is 18.9. The largest absolute Gasteiger partial charge is 0.269 e. The topological polar surface area (TPSA) is 29.3 Å². The van der Waals surface area contributed by atoms with Crippen LogP contribution in [0.3, 0.4) is 0 Å². The van der Waals surface area contributed by atoms with Crippen LogP contribution in [0.15, 0.2) is 18.2 Å². The third kappa shape index (κ3) is 3.36. The van der Waals surface area contributed by atoms with E-state index in [-0.39, 0.29) is 0 Å². The quantitative estimate of drug-likeness (QED) is 0.827. The number of hydrogen-bond donors (Lipinski definition) is 1. The Morgan fingerprint density at radius 3 is 2.25 bits per heavy atom. The fourth-order valence-electron chi connectivity index (χ4n) is 2.22. The Bertz CT molecular complexity index is 340. The van der Waals surface area contributed by atoms with Gasteiger partial charge in [0.2, 0.25) is 0 Å². The van der Waals surface area contributed by atoms with Gasteiger partial charge in [-0.3, -0.25) is 5.84 Å². The van der Waals surface area contributed by atoms with Crippen molar-refractivity contribution in [2.75, 3.05) is 13.1 Å². The van der Waals surface area contributed by atoms with Crippen molar-refractivity contribution in [3.8, 4) is 0 Å². The van der Waals surface area contributed by atoms with Gasteiger partial charge in [-0.1, -0.05) is 23.2 Å². The highest BCUT2D eigenvalue weighted by Gasteiger charge is 2.17. The lowest BCUT2D eigenvalue weighted by Gasteiger charge is -2.28. The first-order chi connectivity index (χ1) is 7.63. The summed E-state index contributed by atoms with van der Waals surface area (Å²) >= 11 is 12.0. The van der Waals surface area contributed by atoms with Crippen molar-refractivity contribution >= 4 is 23.2 Å². The summed E-state index contributed by atoms with van der Waals surface area (Å²) in [5.74, 6) is 6.43. The summed E-state index contributed by atoms with van der Waals surface area (Å²) in [6.07, 6.45) is 3.36. The summed E-state index contributed by atoms with van der Waals surface area (Å²) in [7, 11) is 0. The van der Waals surface area contributed by atoms with E-state index < -0.39 is 0 Å². The standard InChI is InChI=1S/C12H16Cl2N2/c13-11-6-10(7-12(14)8-11)5-9-1-3-16(15)4-2-9/h6-9H,1-5,15H2. The molecule has 1 aliphatic heterocycles. The van der Waals surface area contributed by atoms with Crippen molar-refractivity contribution in [1.29, 1.82) is 0 Å². The number of hydrogen-bond acceptors (Lipinski definition) is 2. The smallest absolute Gasteiger partial charge is 0.0423 e. The number of nitrogens with two attached hydrogens (primary N) is 1. The molecule has 0 radical (unpaired) electrons. The van der Waals surface area contributed by atoms with E-state index in [2.05, 4.69) is 0 Å². The molecule has 1 fully saturated rings. The molecule has 1 aromatic carbocycles. The minimum atomic E-state index is 0.703. The Hall–Kier alpha value is -0.280. The highest BCUT2D eigenvalue weighted by Crippen LogP contribution is 2.24. The maximum absolute atomic E-state index is 5.98. The molecular formula is C12H16Cl2N2. The number of benzene rings is 1. The molecule has 1 heterocycles. The predicted molar refractivity (Wildman–Crippen MR) is 68.7 cm³/mol. The molecule has 0 bridgehead atoms. The van der Waals surface area contributed by atoms with Crippen LogP contribution in [0.25, 0.3) is 0 Å². The van der Waals surface area contributed by atoms with Gasteiger partial charge in [0, 0.05) is 23.1 Å². The molecule has 2 N–H and O–H groups in total. The van der Waals surface area contributed by atoms with Gasteiger partial charge < -0.3 is 0 Å². The molecule has 4 heteroatoms. The summed E-state index contributed by atoms with van der Waals surface area (Å²) < 4.78 is 0. The highest BCUT2D eigenvalue weighted by atomic mass is 35.5. The summed E-state index contributed by atoms with van der Waals surface area (Å²) in [6.45, 7) is 1.97. The molecule has 1 saturated heterocycles. The average Bonchev–Trinajstić information content (AvgIpc) is 2.20. The van der Waals surface area contributed by atoms with Crippen LogP contribution in [0, 0.1) is 5.92 Å². The van der Waals surface area contributed by atoms with E-state index in [9.17, 15) is 0 Å². The number of hydrazine groups is 1. The summed E-state index contributed by atoms with van der Waals surface area (Å²) in [5.41, 5.74) is 1.23. The number of halogens is 2. The van der Waals surface area contributed by atoms with Gasteiger partial charge in [0.05, 0.1) is 0 Å². The van der Waals surface area contributed by atoms with Crippen LogP contribution >= 0.6 is 23.2 Å². The van der Waals surface area contributed by atoms with E-state index in [1.165, 1.54) is 5.56 Å². The lowest BCUT2D eigenvalue weighted by Crippen LogP contribution is -2.39. The molecule has 0 aliphatic carbocycles. The third-order valence-electron chi connectivity index (χ3n) is 3.10. The Morgan fingerprint density at radius 2 is 1.69 bits per heavy atom. The average molecular weight is 259 g/mol. The first-order valence-electron chi connectivity index (χ1n) is 5.58. The first-order valence-corrected chi connectivity index (χ1v) is 6.33. The Balaban J connectivity index is 1.98. The molecule has 2 rings (SSSR count).